The predicted molar refractivity (Wildman–Crippen MR) is 111 cm³/mol. The Morgan fingerprint density at radius 2 is 1.90 bits per heavy atom. The lowest BCUT2D eigenvalue weighted by atomic mass is 9.92. The molecule has 1 aromatic carbocycles. The van der Waals surface area contributed by atoms with E-state index in [1.165, 1.54) is 6.20 Å². The van der Waals surface area contributed by atoms with Crippen LogP contribution in [0.25, 0.3) is 0 Å². The molecule has 0 saturated carbocycles. The lowest BCUT2D eigenvalue weighted by Gasteiger charge is -2.39. The van der Waals surface area contributed by atoms with E-state index in [4.69, 9.17) is 4.74 Å². The van der Waals surface area contributed by atoms with Gasteiger partial charge in [-0.2, -0.15) is 13.2 Å². The summed E-state index contributed by atoms with van der Waals surface area (Å²) in [6, 6.07) is 9.79. The summed E-state index contributed by atoms with van der Waals surface area (Å²) in [5.41, 5.74) is 0.377. The van der Waals surface area contributed by atoms with E-state index < -0.39 is 11.7 Å². The maximum absolute atomic E-state index is 13.1. The van der Waals surface area contributed by atoms with Gasteiger partial charge in [-0.15, -0.1) is 0 Å². The number of nitrogens with zero attached hydrogens (tertiary/aromatic N) is 3. The summed E-state index contributed by atoms with van der Waals surface area (Å²) in [5, 5.41) is 0. The van der Waals surface area contributed by atoms with Gasteiger partial charge in [-0.25, -0.2) is 4.98 Å². The second kappa shape index (κ2) is 8.77. The van der Waals surface area contributed by atoms with Crippen molar-refractivity contribution < 1.29 is 22.7 Å². The molecule has 1 amide bonds. The average Bonchev–Trinajstić information content (AvgIpc) is 3.20. The number of hydrogen-bond donors (Lipinski definition) is 0. The van der Waals surface area contributed by atoms with Crippen molar-refractivity contribution in [3.8, 4) is 5.75 Å². The molecule has 4 rings (SSSR count). The summed E-state index contributed by atoms with van der Waals surface area (Å²) in [7, 11) is 1.62. The third-order valence-corrected chi connectivity index (χ3v) is 6.37. The van der Waals surface area contributed by atoms with Crippen LogP contribution in [0.15, 0.2) is 42.6 Å². The molecule has 5 nitrogen and oxygen atoms in total. The molecule has 0 bridgehead atoms. The molecular formula is C23H26F3N3O2. The highest BCUT2D eigenvalue weighted by atomic mass is 19.4. The number of carbonyl (C=O) groups excluding carboxylic acids is 1. The number of pyridine rings is 1. The van der Waals surface area contributed by atoms with Crippen molar-refractivity contribution in [2.24, 2.45) is 5.92 Å². The Kier molecular flexibility index (Phi) is 6.07. The average molecular weight is 433 g/mol. The Labute approximate surface area is 179 Å². The number of carbonyl (C=O) groups is 1. The monoisotopic (exact) mass is 433 g/mol. The Hall–Kier alpha value is -2.77. The Morgan fingerprint density at radius 3 is 2.61 bits per heavy atom. The van der Waals surface area contributed by atoms with Gasteiger partial charge < -0.3 is 14.5 Å². The molecule has 2 aliphatic rings. The molecule has 0 radical (unpaired) electrons. The molecule has 166 valence electrons. The SMILES string of the molecule is COc1ccc(CCC(=O)N2CCC3CCN(c4cc(C(F)(F)F)ccn4)CC32)cc1. The smallest absolute Gasteiger partial charge is 0.416 e. The number of likely N-dealkylation sites (tertiary alicyclic amines) is 1. The molecule has 2 aliphatic heterocycles. The number of methoxy groups -OCH3 is 1. The van der Waals surface area contributed by atoms with Gasteiger partial charge in [-0.3, -0.25) is 4.79 Å². The van der Waals surface area contributed by atoms with E-state index in [1.807, 2.05) is 34.1 Å². The van der Waals surface area contributed by atoms with E-state index in [9.17, 15) is 18.0 Å². The van der Waals surface area contributed by atoms with Gasteiger partial charge in [0.2, 0.25) is 5.91 Å². The summed E-state index contributed by atoms with van der Waals surface area (Å²) in [5.74, 6) is 1.60. The fourth-order valence-corrected chi connectivity index (χ4v) is 4.61. The van der Waals surface area contributed by atoms with Crippen LogP contribution in [0, 0.1) is 5.92 Å². The number of piperidine rings is 1. The van der Waals surface area contributed by atoms with Crippen LogP contribution in [0.5, 0.6) is 5.75 Å². The highest BCUT2D eigenvalue weighted by molar-refractivity contribution is 5.77. The van der Waals surface area contributed by atoms with Crippen molar-refractivity contribution in [2.45, 2.75) is 37.9 Å². The minimum absolute atomic E-state index is 0.0217. The minimum Gasteiger partial charge on any atom is -0.497 e. The molecule has 2 aromatic rings. The van der Waals surface area contributed by atoms with E-state index in [1.54, 1.807) is 7.11 Å². The second-order valence-corrected chi connectivity index (χ2v) is 8.19. The van der Waals surface area contributed by atoms with E-state index in [2.05, 4.69) is 4.98 Å². The number of anilines is 1. The first kappa shape index (κ1) is 21.5. The minimum atomic E-state index is -4.40. The van der Waals surface area contributed by atoms with Crippen molar-refractivity contribution >= 4 is 11.7 Å². The van der Waals surface area contributed by atoms with Crippen LogP contribution in [0.3, 0.4) is 0 Å². The van der Waals surface area contributed by atoms with Gasteiger partial charge in [0.25, 0.3) is 0 Å². The van der Waals surface area contributed by atoms with Gasteiger partial charge in [0.05, 0.1) is 18.7 Å². The van der Waals surface area contributed by atoms with Gasteiger partial charge in [-0.1, -0.05) is 12.1 Å². The third-order valence-electron chi connectivity index (χ3n) is 6.37. The lowest BCUT2D eigenvalue weighted by Crippen LogP contribution is -2.50. The van der Waals surface area contributed by atoms with E-state index in [-0.39, 0.29) is 11.9 Å². The fourth-order valence-electron chi connectivity index (χ4n) is 4.61. The zero-order chi connectivity index (χ0) is 22.0. The topological polar surface area (TPSA) is 45.7 Å². The van der Waals surface area contributed by atoms with Crippen LogP contribution in [-0.4, -0.2) is 48.6 Å². The highest BCUT2D eigenvalue weighted by Crippen LogP contribution is 2.35. The Morgan fingerprint density at radius 1 is 1.16 bits per heavy atom. The zero-order valence-electron chi connectivity index (χ0n) is 17.4. The Balaban J connectivity index is 1.40. The molecule has 3 heterocycles. The number of hydrogen-bond acceptors (Lipinski definition) is 4. The van der Waals surface area contributed by atoms with Crippen LogP contribution in [0.2, 0.25) is 0 Å². The first-order valence-electron chi connectivity index (χ1n) is 10.6. The predicted octanol–water partition coefficient (Wildman–Crippen LogP) is 4.17. The number of aromatic nitrogens is 1. The van der Waals surface area contributed by atoms with Crippen LogP contribution >= 0.6 is 0 Å². The van der Waals surface area contributed by atoms with Crippen molar-refractivity contribution in [1.29, 1.82) is 0 Å². The van der Waals surface area contributed by atoms with E-state index in [0.717, 1.165) is 36.3 Å². The number of fused-ring (bicyclic) bond motifs is 1. The molecule has 0 aliphatic carbocycles. The van der Waals surface area contributed by atoms with Crippen LogP contribution < -0.4 is 9.64 Å². The summed E-state index contributed by atoms with van der Waals surface area (Å²) in [6.07, 6.45) is -0.329. The number of benzene rings is 1. The molecule has 31 heavy (non-hydrogen) atoms. The largest absolute Gasteiger partial charge is 0.497 e. The highest BCUT2D eigenvalue weighted by Gasteiger charge is 2.41. The van der Waals surface area contributed by atoms with Gasteiger partial charge in [0.1, 0.15) is 11.6 Å². The van der Waals surface area contributed by atoms with Crippen molar-refractivity contribution in [3.63, 3.8) is 0 Å². The molecule has 0 N–H and O–H groups in total. The first-order chi connectivity index (χ1) is 14.8. The third kappa shape index (κ3) is 4.78. The number of rotatable bonds is 5. The maximum atomic E-state index is 13.1. The zero-order valence-corrected chi connectivity index (χ0v) is 17.4. The number of amides is 1. The van der Waals surface area contributed by atoms with Gasteiger partial charge in [0, 0.05) is 32.3 Å². The van der Waals surface area contributed by atoms with E-state index in [0.29, 0.717) is 44.2 Å². The summed E-state index contributed by atoms with van der Waals surface area (Å²) in [6.45, 7) is 1.89. The normalized spacial score (nSPS) is 21.2. The molecule has 1 aromatic heterocycles. The first-order valence-corrected chi connectivity index (χ1v) is 10.6. The Bertz CT molecular complexity index is 917. The number of ether oxygens (including phenoxy) is 1. The summed E-state index contributed by atoms with van der Waals surface area (Å²) in [4.78, 5) is 20.9. The second-order valence-electron chi connectivity index (χ2n) is 8.19. The molecular weight excluding hydrogens is 407 g/mol. The molecule has 0 spiro atoms. The summed E-state index contributed by atoms with van der Waals surface area (Å²) < 4.78 is 44.4. The van der Waals surface area contributed by atoms with Gasteiger partial charge in [-0.05, 0) is 55.0 Å². The van der Waals surface area contributed by atoms with Gasteiger partial charge in [0.15, 0.2) is 0 Å². The molecule has 2 saturated heterocycles. The molecule has 2 atom stereocenters. The van der Waals surface area contributed by atoms with Crippen LogP contribution in [0.4, 0.5) is 19.0 Å². The summed E-state index contributed by atoms with van der Waals surface area (Å²) >= 11 is 0. The maximum Gasteiger partial charge on any atom is 0.416 e. The fraction of sp³-hybridized carbons (Fsp3) is 0.478. The van der Waals surface area contributed by atoms with Crippen LogP contribution in [0.1, 0.15) is 30.4 Å². The van der Waals surface area contributed by atoms with Gasteiger partial charge >= 0.3 is 6.18 Å². The molecule has 2 fully saturated rings. The van der Waals surface area contributed by atoms with Crippen molar-refractivity contribution in [1.82, 2.24) is 9.88 Å². The number of halogens is 3. The molecule has 2 unspecified atom stereocenters. The van der Waals surface area contributed by atoms with Crippen LogP contribution in [-0.2, 0) is 17.4 Å². The lowest BCUT2D eigenvalue weighted by molar-refractivity contribution is -0.137. The number of alkyl halides is 3. The quantitative estimate of drug-likeness (QED) is 0.710. The standard InChI is InChI=1S/C23H26F3N3O2/c1-31-19-5-2-16(3-6-19)4-7-22(30)29-13-10-17-9-12-28(15-20(17)29)21-14-18(8-11-27-21)23(24,25)26/h2-3,5-6,8,11,14,17,20H,4,7,9-10,12-13,15H2,1H3. The van der Waals surface area contributed by atoms with Crippen molar-refractivity contribution in [3.05, 3.63) is 53.7 Å². The molecule has 8 heteroatoms. The number of aryl methyl sites for hydroxylation is 1. The van der Waals surface area contributed by atoms with Crippen molar-refractivity contribution in [2.75, 3.05) is 31.6 Å². The van der Waals surface area contributed by atoms with E-state index >= 15 is 0 Å².